The van der Waals surface area contributed by atoms with Gasteiger partial charge in [0.25, 0.3) is 0 Å². The van der Waals surface area contributed by atoms with Crippen LogP contribution in [0, 0.1) is 0 Å². The first kappa shape index (κ1) is 12.7. The Hall–Kier alpha value is -1.75. The monoisotopic (exact) mass is 249 g/mol. The van der Waals surface area contributed by atoms with E-state index in [4.69, 9.17) is 15.7 Å². The molecule has 0 aromatic heterocycles. The van der Waals surface area contributed by atoms with E-state index in [-0.39, 0.29) is 5.84 Å². The van der Waals surface area contributed by atoms with Crippen molar-refractivity contribution < 1.29 is 9.94 Å². The minimum absolute atomic E-state index is 0.127. The van der Waals surface area contributed by atoms with Gasteiger partial charge in [0.05, 0.1) is 6.10 Å². The molecule has 1 aromatic carbocycles. The maximum absolute atomic E-state index is 8.68. The second-order valence-corrected chi connectivity index (χ2v) is 4.55. The Kier molecular flexibility index (Phi) is 4.04. The number of benzene rings is 1. The van der Waals surface area contributed by atoms with Crippen LogP contribution < -0.4 is 10.6 Å². The second-order valence-electron chi connectivity index (χ2n) is 4.55. The lowest BCUT2D eigenvalue weighted by Crippen LogP contribution is -2.28. The average Bonchev–Trinajstić information content (AvgIpc) is 2.90. The van der Waals surface area contributed by atoms with Crippen LogP contribution in [0.1, 0.15) is 18.4 Å². The molecule has 3 N–H and O–H groups in total. The first-order valence-electron chi connectivity index (χ1n) is 6.11. The summed E-state index contributed by atoms with van der Waals surface area (Å²) in [5.74, 6) is 0.127. The Balaban J connectivity index is 2.07. The second kappa shape index (κ2) is 5.73. The Bertz CT molecular complexity index is 428. The number of nitrogens with zero attached hydrogens (tertiary/aromatic N) is 2. The highest BCUT2D eigenvalue weighted by Crippen LogP contribution is 2.19. The number of rotatable bonds is 4. The zero-order valence-electron chi connectivity index (χ0n) is 10.5. The van der Waals surface area contributed by atoms with Gasteiger partial charge in [-0.2, -0.15) is 0 Å². The van der Waals surface area contributed by atoms with Gasteiger partial charge in [-0.05, 0) is 25.0 Å². The first-order chi connectivity index (χ1) is 8.70. The summed E-state index contributed by atoms with van der Waals surface area (Å²) in [4.78, 5) is 2.13. The van der Waals surface area contributed by atoms with Crippen LogP contribution in [0.15, 0.2) is 29.4 Å². The first-order valence-corrected chi connectivity index (χ1v) is 6.11. The molecular weight excluding hydrogens is 230 g/mol. The molecule has 0 saturated carbocycles. The largest absolute Gasteiger partial charge is 0.409 e. The molecule has 0 radical (unpaired) electrons. The fourth-order valence-corrected chi connectivity index (χ4v) is 2.16. The molecule has 18 heavy (non-hydrogen) atoms. The number of anilines is 1. The van der Waals surface area contributed by atoms with Crippen LogP contribution in [-0.2, 0) is 4.74 Å². The molecule has 2 rings (SSSR count). The predicted molar refractivity (Wildman–Crippen MR) is 71.2 cm³/mol. The molecule has 0 spiro atoms. The number of amidine groups is 1. The Morgan fingerprint density at radius 2 is 2.44 bits per heavy atom. The summed E-state index contributed by atoms with van der Waals surface area (Å²) in [7, 11) is 2.02. The minimum atomic E-state index is 0.127. The van der Waals surface area contributed by atoms with Crippen molar-refractivity contribution in [2.75, 3.05) is 25.1 Å². The highest BCUT2D eigenvalue weighted by molar-refractivity contribution is 5.97. The lowest BCUT2D eigenvalue weighted by molar-refractivity contribution is 0.116. The van der Waals surface area contributed by atoms with Crippen LogP contribution in [0.2, 0.25) is 0 Å². The topological polar surface area (TPSA) is 71.1 Å². The third kappa shape index (κ3) is 2.92. The van der Waals surface area contributed by atoms with Gasteiger partial charge in [-0.3, -0.25) is 0 Å². The number of likely N-dealkylation sites (N-methyl/N-ethyl adjacent to an activating group) is 1. The fraction of sp³-hybridized carbons (Fsp3) is 0.462. The van der Waals surface area contributed by atoms with E-state index in [2.05, 4.69) is 10.1 Å². The molecule has 98 valence electrons. The van der Waals surface area contributed by atoms with E-state index in [9.17, 15) is 0 Å². The van der Waals surface area contributed by atoms with Crippen molar-refractivity contribution >= 4 is 11.5 Å². The van der Waals surface area contributed by atoms with Gasteiger partial charge in [-0.25, -0.2) is 0 Å². The molecule has 1 saturated heterocycles. The fourth-order valence-electron chi connectivity index (χ4n) is 2.16. The summed E-state index contributed by atoms with van der Waals surface area (Å²) < 4.78 is 5.61. The maximum Gasteiger partial charge on any atom is 0.170 e. The van der Waals surface area contributed by atoms with Crippen molar-refractivity contribution in [3.8, 4) is 0 Å². The Morgan fingerprint density at radius 3 is 3.11 bits per heavy atom. The van der Waals surface area contributed by atoms with E-state index < -0.39 is 0 Å². The number of oxime groups is 1. The molecule has 1 aliphatic rings. The minimum Gasteiger partial charge on any atom is -0.409 e. The van der Waals surface area contributed by atoms with E-state index in [1.165, 1.54) is 0 Å². The molecule has 1 aromatic rings. The van der Waals surface area contributed by atoms with Gasteiger partial charge in [0.1, 0.15) is 0 Å². The van der Waals surface area contributed by atoms with Gasteiger partial charge in [0.2, 0.25) is 0 Å². The molecule has 1 heterocycles. The van der Waals surface area contributed by atoms with Gasteiger partial charge >= 0.3 is 0 Å². The summed E-state index contributed by atoms with van der Waals surface area (Å²) in [5.41, 5.74) is 7.34. The van der Waals surface area contributed by atoms with Crippen molar-refractivity contribution in [2.24, 2.45) is 10.9 Å². The van der Waals surface area contributed by atoms with E-state index in [0.717, 1.165) is 31.7 Å². The van der Waals surface area contributed by atoms with Crippen molar-refractivity contribution in [3.05, 3.63) is 29.8 Å². The van der Waals surface area contributed by atoms with Gasteiger partial charge in [0, 0.05) is 31.5 Å². The summed E-state index contributed by atoms with van der Waals surface area (Å²) >= 11 is 0. The summed E-state index contributed by atoms with van der Waals surface area (Å²) in [5, 5.41) is 11.7. The Labute approximate surface area is 107 Å². The highest BCUT2D eigenvalue weighted by atomic mass is 16.5. The molecule has 0 amide bonds. The van der Waals surface area contributed by atoms with Crippen LogP contribution >= 0.6 is 0 Å². The van der Waals surface area contributed by atoms with Gasteiger partial charge in [0.15, 0.2) is 5.84 Å². The smallest absolute Gasteiger partial charge is 0.170 e. The highest BCUT2D eigenvalue weighted by Gasteiger charge is 2.17. The molecule has 1 unspecified atom stereocenters. The number of ether oxygens (including phenoxy) is 1. The van der Waals surface area contributed by atoms with Crippen LogP contribution in [-0.4, -0.2) is 37.3 Å². The summed E-state index contributed by atoms with van der Waals surface area (Å²) in [6.45, 7) is 1.72. The number of nitrogens with two attached hydrogens (primary N) is 1. The van der Waals surface area contributed by atoms with Gasteiger partial charge in [-0.1, -0.05) is 17.3 Å². The molecule has 1 aliphatic heterocycles. The lowest BCUT2D eigenvalue weighted by Gasteiger charge is -2.23. The number of hydrogen-bond acceptors (Lipinski definition) is 4. The van der Waals surface area contributed by atoms with E-state index in [0.29, 0.717) is 11.7 Å². The molecule has 1 fully saturated rings. The molecule has 5 nitrogen and oxygen atoms in total. The molecule has 5 heteroatoms. The van der Waals surface area contributed by atoms with E-state index in [1.807, 2.05) is 31.3 Å². The van der Waals surface area contributed by atoms with Crippen molar-refractivity contribution in [2.45, 2.75) is 18.9 Å². The third-order valence-corrected chi connectivity index (χ3v) is 3.19. The van der Waals surface area contributed by atoms with Crippen molar-refractivity contribution in [1.29, 1.82) is 0 Å². The summed E-state index contributed by atoms with van der Waals surface area (Å²) in [6.07, 6.45) is 2.56. The summed E-state index contributed by atoms with van der Waals surface area (Å²) in [6, 6.07) is 7.63. The number of hydrogen-bond donors (Lipinski definition) is 2. The lowest BCUT2D eigenvalue weighted by atomic mass is 10.1. The van der Waals surface area contributed by atoms with Crippen LogP contribution in [0.25, 0.3) is 0 Å². The third-order valence-electron chi connectivity index (χ3n) is 3.19. The van der Waals surface area contributed by atoms with Crippen molar-refractivity contribution in [3.63, 3.8) is 0 Å². The SMILES string of the molecule is CN(CC1CCCO1)c1cccc(C(N)=NO)c1. The maximum atomic E-state index is 8.68. The molecule has 1 atom stereocenters. The van der Waals surface area contributed by atoms with Gasteiger partial charge < -0.3 is 20.6 Å². The molecule has 0 bridgehead atoms. The Morgan fingerprint density at radius 1 is 1.61 bits per heavy atom. The van der Waals surface area contributed by atoms with Gasteiger partial charge in [-0.15, -0.1) is 0 Å². The molecule has 0 aliphatic carbocycles. The van der Waals surface area contributed by atoms with Crippen LogP contribution in [0.3, 0.4) is 0 Å². The molecular formula is C13H19N3O2. The van der Waals surface area contributed by atoms with E-state index in [1.54, 1.807) is 0 Å². The average molecular weight is 249 g/mol. The zero-order chi connectivity index (χ0) is 13.0. The van der Waals surface area contributed by atoms with Crippen molar-refractivity contribution in [1.82, 2.24) is 0 Å². The van der Waals surface area contributed by atoms with E-state index >= 15 is 0 Å². The zero-order valence-corrected chi connectivity index (χ0v) is 10.5. The standard InChI is InChI=1S/C13H19N3O2/c1-16(9-12-6-3-7-18-12)11-5-2-4-10(8-11)13(14)15-17/h2,4-5,8,12,17H,3,6-7,9H2,1H3,(H2,14,15). The van der Waals surface area contributed by atoms with Crippen LogP contribution in [0.4, 0.5) is 5.69 Å². The normalized spacial score (nSPS) is 20.1. The predicted octanol–water partition coefficient (Wildman–Crippen LogP) is 1.40. The quantitative estimate of drug-likeness (QED) is 0.366. The van der Waals surface area contributed by atoms with Crippen LogP contribution in [0.5, 0.6) is 0 Å².